The maximum absolute atomic E-state index is 11.1. The molecule has 0 saturated carbocycles. The van der Waals surface area contributed by atoms with Crippen molar-refractivity contribution < 1.29 is 33.3 Å². The molecule has 0 amide bonds. The molecule has 0 radical (unpaired) electrons. The number of carbonyl (C=O) groups is 1. The number of carboxylic acid groups (broad SMARTS) is 1. The molecule has 7 nitrogen and oxygen atoms in total. The van der Waals surface area contributed by atoms with Gasteiger partial charge >= 0.3 is 5.97 Å². The van der Waals surface area contributed by atoms with Crippen LogP contribution in [0, 0.1) is 30.6 Å². The maximum Gasteiger partial charge on any atom is 0.341 e. The minimum atomic E-state index is -1.08. The first kappa shape index (κ1) is 31.9. The highest BCUT2D eigenvalue weighted by Crippen LogP contribution is 2.31. The molecule has 0 aliphatic heterocycles. The molecule has 0 atom stereocenters. The molecule has 0 bridgehead atoms. The van der Waals surface area contributed by atoms with Crippen molar-refractivity contribution in [1.29, 1.82) is 0 Å². The average Bonchev–Trinajstić information content (AvgIpc) is 2.86. The van der Waals surface area contributed by atoms with Gasteiger partial charge in [0, 0.05) is 23.9 Å². The predicted octanol–water partition coefficient (Wildman–Crippen LogP) is 5.27. The summed E-state index contributed by atoms with van der Waals surface area (Å²) in [7, 11) is 6.46. The van der Waals surface area contributed by atoms with Gasteiger partial charge in [-0.1, -0.05) is 33.7 Å². The molecule has 1 N–H and O–H groups in total. The minimum Gasteiger partial charge on any atom is -0.493 e. The van der Waals surface area contributed by atoms with E-state index in [1.165, 1.54) is 0 Å². The number of aryl methyl sites for hydroxylation is 1. The van der Waals surface area contributed by atoms with Crippen LogP contribution in [0.4, 0.5) is 0 Å². The number of aliphatic carboxylic acids is 1. The summed E-state index contributed by atoms with van der Waals surface area (Å²) in [6.45, 7) is 7.65. The standard InChI is InChI=1S/C31H38BrNO6/c1-7-11-24-20-29(36-8-2)26(21-30(24)39-22-31(34)35)13-12-25-19-27(37-16-9-14-32)23(3)18-28(25)38-17-10-15-33(4,5)6/h18-21H,8-10,14-17,22H2,1-6H3/p+1. The zero-order chi connectivity index (χ0) is 28.8. The van der Waals surface area contributed by atoms with E-state index in [0.29, 0.717) is 53.8 Å². The van der Waals surface area contributed by atoms with Crippen molar-refractivity contribution in [2.45, 2.75) is 33.6 Å². The number of nitrogens with zero attached hydrogens (tertiary/aromatic N) is 1. The van der Waals surface area contributed by atoms with Gasteiger partial charge in [0.2, 0.25) is 0 Å². The van der Waals surface area contributed by atoms with Crippen LogP contribution in [-0.4, -0.2) is 75.0 Å². The van der Waals surface area contributed by atoms with Crippen molar-refractivity contribution in [1.82, 2.24) is 0 Å². The smallest absolute Gasteiger partial charge is 0.341 e. The minimum absolute atomic E-state index is 0.332. The lowest BCUT2D eigenvalue weighted by atomic mass is 10.1. The predicted molar refractivity (Wildman–Crippen MR) is 157 cm³/mol. The molecule has 8 heteroatoms. The Kier molecular flexibility index (Phi) is 13.0. The molecule has 0 spiro atoms. The van der Waals surface area contributed by atoms with E-state index in [2.05, 4.69) is 60.8 Å². The molecule has 0 heterocycles. The first-order valence-corrected chi connectivity index (χ1v) is 14.1. The highest BCUT2D eigenvalue weighted by Gasteiger charge is 2.14. The lowest BCUT2D eigenvalue weighted by Gasteiger charge is -2.23. The average molecular weight is 602 g/mol. The molecule has 0 unspecified atom stereocenters. The molecule has 0 aliphatic rings. The molecule has 0 aromatic heterocycles. The van der Waals surface area contributed by atoms with E-state index in [-0.39, 0.29) is 0 Å². The summed E-state index contributed by atoms with van der Waals surface area (Å²) in [5.41, 5.74) is 2.75. The molecule has 210 valence electrons. The molecule has 2 aromatic rings. The van der Waals surface area contributed by atoms with E-state index in [1.807, 2.05) is 26.0 Å². The van der Waals surface area contributed by atoms with Crippen LogP contribution in [-0.2, 0) is 4.79 Å². The topological polar surface area (TPSA) is 74.2 Å². The Morgan fingerprint density at radius 2 is 1.38 bits per heavy atom. The quantitative estimate of drug-likeness (QED) is 0.138. The Labute approximate surface area is 241 Å². The second-order valence-corrected chi connectivity index (χ2v) is 10.6. The molecular weight excluding hydrogens is 562 g/mol. The van der Waals surface area contributed by atoms with E-state index in [4.69, 9.17) is 24.1 Å². The fourth-order valence-corrected chi connectivity index (χ4v) is 3.78. The highest BCUT2D eigenvalue weighted by atomic mass is 79.9. The van der Waals surface area contributed by atoms with E-state index in [1.54, 1.807) is 19.1 Å². The Morgan fingerprint density at radius 1 is 0.846 bits per heavy atom. The number of quaternary nitrogens is 1. The van der Waals surface area contributed by atoms with Crippen LogP contribution in [0.2, 0.25) is 0 Å². The van der Waals surface area contributed by atoms with Gasteiger partial charge in [0.1, 0.15) is 23.0 Å². The van der Waals surface area contributed by atoms with Gasteiger partial charge in [-0.3, -0.25) is 0 Å². The van der Waals surface area contributed by atoms with Crippen LogP contribution >= 0.6 is 15.9 Å². The summed E-state index contributed by atoms with van der Waals surface area (Å²) in [5, 5.41) is 9.96. The summed E-state index contributed by atoms with van der Waals surface area (Å²) < 4.78 is 24.4. The first-order chi connectivity index (χ1) is 18.6. The van der Waals surface area contributed by atoms with Gasteiger partial charge in [0.15, 0.2) is 6.61 Å². The summed E-state index contributed by atoms with van der Waals surface area (Å²) in [5.74, 6) is 13.4. The number of hydrogen-bond acceptors (Lipinski definition) is 5. The lowest BCUT2D eigenvalue weighted by Crippen LogP contribution is -2.35. The van der Waals surface area contributed by atoms with Gasteiger partial charge in [0.25, 0.3) is 0 Å². The van der Waals surface area contributed by atoms with Gasteiger partial charge < -0.3 is 28.5 Å². The number of carboxylic acids is 1. The maximum atomic E-state index is 11.1. The third kappa shape index (κ3) is 11.1. The van der Waals surface area contributed by atoms with Gasteiger partial charge in [-0.05, 0) is 44.9 Å². The number of rotatable bonds is 14. The number of halogens is 1. The summed E-state index contributed by atoms with van der Waals surface area (Å²) in [4.78, 5) is 11.1. The summed E-state index contributed by atoms with van der Waals surface area (Å²) in [6.07, 6.45) is 1.78. The zero-order valence-corrected chi connectivity index (χ0v) is 25.4. The van der Waals surface area contributed by atoms with Crippen molar-refractivity contribution in [2.75, 3.05) is 59.4 Å². The summed E-state index contributed by atoms with van der Waals surface area (Å²) >= 11 is 3.44. The van der Waals surface area contributed by atoms with Crippen LogP contribution in [0.3, 0.4) is 0 Å². The number of ether oxygens (including phenoxy) is 4. The van der Waals surface area contributed by atoms with E-state index < -0.39 is 12.6 Å². The van der Waals surface area contributed by atoms with E-state index in [9.17, 15) is 4.79 Å². The van der Waals surface area contributed by atoms with Crippen LogP contribution in [0.25, 0.3) is 0 Å². The molecular formula is C31H39BrNO6+. The van der Waals surface area contributed by atoms with Crippen molar-refractivity contribution in [3.05, 3.63) is 46.5 Å². The van der Waals surface area contributed by atoms with Crippen LogP contribution < -0.4 is 18.9 Å². The molecule has 39 heavy (non-hydrogen) atoms. The van der Waals surface area contributed by atoms with Gasteiger partial charge in [-0.15, -0.1) is 5.92 Å². The van der Waals surface area contributed by atoms with E-state index in [0.717, 1.165) is 40.5 Å². The van der Waals surface area contributed by atoms with E-state index >= 15 is 0 Å². The Morgan fingerprint density at radius 3 is 1.95 bits per heavy atom. The Hall–Kier alpha value is -3.33. The van der Waals surface area contributed by atoms with Gasteiger partial charge in [0.05, 0.1) is 64.2 Å². The monoisotopic (exact) mass is 600 g/mol. The van der Waals surface area contributed by atoms with Crippen LogP contribution in [0.5, 0.6) is 23.0 Å². The molecule has 0 fully saturated rings. The normalized spacial score (nSPS) is 10.5. The Bertz CT molecular complexity index is 1240. The number of benzene rings is 2. The van der Waals surface area contributed by atoms with Crippen molar-refractivity contribution in [2.24, 2.45) is 0 Å². The van der Waals surface area contributed by atoms with Crippen LogP contribution in [0.15, 0.2) is 24.3 Å². The van der Waals surface area contributed by atoms with Crippen molar-refractivity contribution >= 4 is 21.9 Å². The third-order valence-electron chi connectivity index (χ3n) is 5.37. The number of alkyl halides is 1. The molecule has 0 aliphatic carbocycles. The largest absolute Gasteiger partial charge is 0.493 e. The second-order valence-electron chi connectivity index (χ2n) is 9.81. The fraction of sp³-hybridized carbons (Fsp3) is 0.452. The molecule has 2 rings (SSSR count). The Balaban J connectivity index is 2.52. The third-order valence-corrected chi connectivity index (χ3v) is 5.93. The lowest BCUT2D eigenvalue weighted by molar-refractivity contribution is -0.870. The first-order valence-electron chi connectivity index (χ1n) is 12.9. The van der Waals surface area contributed by atoms with Gasteiger partial charge in [-0.25, -0.2) is 4.79 Å². The fourth-order valence-electron chi connectivity index (χ4n) is 3.55. The van der Waals surface area contributed by atoms with Crippen molar-refractivity contribution in [3.63, 3.8) is 0 Å². The number of hydrogen-bond donors (Lipinski definition) is 1. The van der Waals surface area contributed by atoms with Crippen molar-refractivity contribution in [3.8, 4) is 46.7 Å². The molecule has 2 aromatic carbocycles. The van der Waals surface area contributed by atoms with Gasteiger partial charge in [-0.2, -0.15) is 0 Å². The highest BCUT2D eigenvalue weighted by molar-refractivity contribution is 9.09. The summed E-state index contributed by atoms with van der Waals surface area (Å²) in [6, 6.07) is 7.27. The SMILES string of the molecule is CC#Cc1cc(OCC)c(C#Cc2cc(OCCCBr)c(C)cc2OCCC[N+](C)(C)C)cc1OCC(=O)O. The second kappa shape index (κ2) is 15.9. The molecule has 0 saturated heterocycles. The zero-order valence-electron chi connectivity index (χ0n) is 23.8. The van der Waals surface area contributed by atoms with Crippen LogP contribution in [0.1, 0.15) is 48.9 Å².